The lowest BCUT2D eigenvalue weighted by atomic mass is 10.3. The van der Waals surface area contributed by atoms with Gasteiger partial charge in [0.05, 0.1) is 6.54 Å². The zero-order valence-electron chi connectivity index (χ0n) is 6.41. The molecule has 0 aliphatic carbocycles. The molecule has 0 aromatic carbocycles. The van der Waals surface area contributed by atoms with Gasteiger partial charge in [0.25, 0.3) is 0 Å². The number of aldehydes is 1. The molecule has 4 heteroatoms. The van der Waals surface area contributed by atoms with Crippen molar-refractivity contribution in [3.8, 4) is 0 Å². The molecule has 0 radical (unpaired) electrons. The van der Waals surface area contributed by atoms with E-state index in [1.165, 1.54) is 0 Å². The predicted octanol–water partition coefficient (Wildman–Crippen LogP) is 0.741. The molecule has 0 aromatic rings. The fraction of sp³-hybridized carbons (Fsp3) is 0.429. The largest absolute Gasteiger partial charge is 0.465 e. The molecule has 0 rings (SSSR count). The Morgan fingerprint density at radius 1 is 1.73 bits per heavy atom. The van der Waals surface area contributed by atoms with Gasteiger partial charge in [0, 0.05) is 6.54 Å². The number of carbonyl (C=O) groups excluding carboxylic acids is 1. The van der Waals surface area contributed by atoms with Gasteiger partial charge in [-0.2, -0.15) is 0 Å². The second-order valence-electron chi connectivity index (χ2n) is 2.29. The van der Waals surface area contributed by atoms with Crippen molar-refractivity contribution in [2.45, 2.75) is 6.92 Å². The maximum absolute atomic E-state index is 10.4. The van der Waals surface area contributed by atoms with Crippen molar-refractivity contribution in [3.63, 3.8) is 0 Å². The second kappa shape index (κ2) is 4.49. The van der Waals surface area contributed by atoms with Crippen LogP contribution in [0.15, 0.2) is 12.2 Å². The van der Waals surface area contributed by atoms with Gasteiger partial charge >= 0.3 is 6.09 Å². The van der Waals surface area contributed by atoms with Crippen LogP contribution in [0.3, 0.4) is 0 Å². The minimum absolute atomic E-state index is 0.0950. The van der Waals surface area contributed by atoms with Gasteiger partial charge in [0.1, 0.15) is 6.29 Å². The summed E-state index contributed by atoms with van der Waals surface area (Å²) in [6.45, 7) is 5.37. The van der Waals surface area contributed by atoms with E-state index in [1.54, 1.807) is 6.92 Å². The molecule has 0 aliphatic rings. The highest BCUT2D eigenvalue weighted by Crippen LogP contribution is 1.94. The van der Waals surface area contributed by atoms with Crippen LogP contribution in [-0.4, -0.2) is 35.5 Å². The molecule has 0 unspecified atom stereocenters. The average molecular weight is 157 g/mol. The van der Waals surface area contributed by atoms with E-state index < -0.39 is 6.09 Å². The third-order valence-electron chi connectivity index (χ3n) is 1.03. The smallest absolute Gasteiger partial charge is 0.407 e. The third kappa shape index (κ3) is 4.13. The van der Waals surface area contributed by atoms with Gasteiger partial charge in [-0.25, -0.2) is 4.79 Å². The number of nitrogens with zero attached hydrogens (tertiary/aromatic N) is 1. The van der Waals surface area contributed by atoms with E-state index in [4.69, 9.17) is 5.11 Å². The van der Waals surface area contributed by atoms with Crippen LogP contribution in [-0.2, 0) is 4.79 Å². The molecule has 0 saturated carbocycles. The molecular weight excluding hydrogens is 146 g/mol. The molecule has 0 aliphatic heterocycles. The number of amides is 1. The summed E-state index contributed by atoms with van der Waals surface area (Å²) in [5.41, 5.74) is 0.717. The van der Waals surface area contributed by atoms with Crippen molar-refractivity contribution in [2.75, 3.05) is 13.1 Å². The van der Waals surface area contributed by atoms with E-state index in [-0.39, 0.29) is 13.1 Å². The minimum Gasteiger partial charge on any atom is -0.465 e. The summed E-state index contributed by atoms with van der Waals surface area (Å²) in [6, 6.07) is 0. The van der Waals surface area contributed by atoms with Crippen LogP contribution in [0.25, 0.3) is 0 Å². The number of carbonyl (C=O) groups is 2. The first-order chi connectivity index (χ1) is 5.07. The lowest BCUT2D eigenvalue weighted by Crippen LogP contribution is -2.32. The lowest BCUT2D eigenvalue weighted by Gasteiger charge is -2.15. The van der Waals surface area contributed by atoms with Crippen molar-refractivity contribution in [3.05, 3.63) is 12.2 Å². The summed E-state index contributed by atoms with van der Waals surface area (Å²) in [5.74, 6) is 0. The predicted molar refractivity (Wildman–Crippen MR) is 40.5 cm³/mol. The molecule has 0 atom stereocenters. The summed E-state index contributed by atoms with van der Waals surface area (Å²) in [5, 5.41) is 8.48. The molecule has 0 fully saturated rings. The SMILES string of the molecule is C=C(C)CN(CC=O)C(=O)O. The highest BCUT2D eigenvalue weighted by atomic mass is 16.4. The van der Waals surface area contributed by atoms with Crippen molar-refractivity contribution >= 4 is 12.4 Å². The third-order valence-corrected chi connectivity index (χ3v) is 1.03. The van der Waals surface area contributed by atoms with E-state index in [0.29, 0.717) is 11.9 Å². The molecule has 1 N–H and O–H groups in total. The first-order valence-electron chi connectivity index (χ1n) is 3.13. The summed E-state index contributed by atoms with van der Waals surface area (Å²) < 4.78 is 0. The fourth-order valence-corrected chi connectivity index (χ4v) is 0.626. The van der Waals surface area contributed by atoms with Crippen LogP contribution in [0.1, 0.15) is 6.92 Å². The standard InChI is InChI=1S/C7H11NO3/c1-6(2)5-8(3-4-9)7(10)11/h4H,1,3,5H2,2H3,(H,10,11). The minimum atomic E-state index is -1.10. The van der Waals surface area contributed by atoms with E-state index in [1.807, 2.05) is 0 Å². The zero-order valence-corrected chi connectivity index (χ0v) is 6.41. The average Bonchev–Trinajstić information content (AvgIpc) is 1.86. The first-order valence-corrected chi connectivity index (χ1v) is 3.13. The number of hydrogen-bond donors (Lipinski definition) is 1. The normalized spacial score (nSPS) is 8.82. The Kier molecular flexibility index (Phi) is 3.95. The Morgan fingerprint density at radius 3 is 2.55 bits per heavy atom. The van der Waals surface area contributed by atoms with Crippen LogP contribution in [0, 0.1) is 0 Å². The Balaban J connectivity index is 3.99. The monoisotopic (exact) mass is 157 g/mol. The molecule has 0 heterocycles. The molecule has 0 bridgehead atoms. The number of hydrogen-bond acceptors (Lipinski definition) is 2. The van der Waals surface area contributed by atoms with Crippen LogP contribution in [0.2, 0.25) is 0 Å². The quantitative estimate of drug-likeness (QED) is 0.483. The van der Waals surface area contributed by atoms with Gasteiger partial charge in [0.2, 0.25) is 0 Å². The van der Waals surface area contributed by atoms with E-state index in [2.05, 4.69) is 6.58 Å². The molecular formula is C7H11NO3. The Morgan fingerprint density at radius 2 is 2.27 bits per heavy atom. The van der Waals surface area contributed by atoms with Crippen LogP contribution < -0.4 is 0 Å². The van der Waals surface area contributed by atoms with Crippen molar-refractivity contribution in [1.29, 1.82) is 0 Å². The van der Waals surface area contributed by atoms with Crippen LogP contribution in [0.5, 0.6) is 0 Å². The van der Waals surface area contributed by atoms with Gasteiger partial charge in [-0.15, -0.1) is 0 Å². The van der Waals surface area contributed by atoms with Crippen molar-refractivity contribution in [1.82, 2.24) is 4.90 Å². The fourth-order valence-electron chi connectivity index (χ4n) is 0.626. The highest BCUT2D eigenvalue weighted by molar-refractivity contribution is 5.69. The summed E-state index contributed by atoms with van der Waals surface area (Å²) in [7, 11) is 0. The Labute approximate surface area is 65.1 Å². The number of rotatable bonds is 4. The molecule has 11 heavy (non-hydrogen) atoms. The van der Waals surface area contributed by atoms with Crippen LogP contribution in [0.4, 0.5) is 4.79 Å². The van der Waals surface area contributed by atoms with E-state index in [0.717, 1.165) is 4.90 Å². The van der Waals surface area contributed by atoms with Gasteiger partial charge in [-0.3, -0.25) is 4.90 Å². The van der Waals surface area contributed by atoms with Crippen molar-refractivity contribution < 1.29 is 14.7 Å². The molecule has 0 saturated heterocycles. The van der Waals surface area contributed by atoms with Crippen LogP contribution >= 0.6 is 0 Å². The lowest BCUT2D eigenvalue weighted by molar-refractivity contribution is -0.108. The summed E-state index contributed by atoms with van der Waals surface area (Å²) >= 11 is 0. The molecule has 0 aromatic heterocycles. The Bertz CT molecular complexity index is 177. The summed E-state index contributed by atoms with van der Waals surface area (Å²) in [6.07, 6.45) is -0.544. The number of carboxylic acid groups (broad SMARTS) is 1. The highest BCUT2D eigenvalue weighted by Gasteiger charge is 2.09. The summed E-state index contributed by atoms with van der Waals surface area (Å²) in [4.78, 5) is 21.3. The van der Waals surface area contributed by atoms with E-state index >= 15 is 0 Å². The maximum atomic E-state index is 10.4. The van der Waals surface area contributed by atoms with Gasteiger partial charge in [-0.1, -0.05) is 12.2 Å². The second-order valence-corrected chi connectivity index (χ2v) is 2.29. The molecule has 0 spiro atoms. The van der Waals surface area contributed by atoms with Crippen molar-refractivity contribution in [2.24, 2.45) is 0 Å². The molecule has 1 amide bonds. The van der Waals surface area contributed by atoms with Gasteiger partial charge in [0.15, 0.2) is 0 Å². The van der Waals surface area contributed by atoms with E-state index in [9.17, 15) is 9.59 Å². The van der Waals surface area contributed by atoms with Gasteiger partial charge < -0.3 is 9.90 Å². The first kappa shape index (κ1) is 9.68. The topological polar surface area (TPSA) is 57.6 Å². The van der Waals surface area contributed by atoms with Gasteiger partial charge in [-0.05, 0) is 6.92 Å². The molecule has 62 valence electrons. The maximum Gasteiger partial charge on any atom is 0.407 e. The zero-order chi connectivity index (χ0) is 8.85. The molecule has 4 nitrogen and oxygen atoms in total. The Hall–Kier alpha value is -1.32.